The molecule has 1 aromatic carbocycles. The van der Waals surface area contributed by atoms with E-state index in [4.69, 9.17) is 4.74 Å². The van der Waals surface area contributed by atoms with Crippen LogP contribution in [-0.4, -0.2) is 19.2 Å². The normalized spacial score (nSPS) is 20.8. The van der Waals surface area contributed by atoms with Gasteiger partial charge in [-0.3, -0.25) is 0 Å². The van der Waals surface area contributed by atoms with Gasteiger partial charge in [0.1, 0.15) is 0 Å². The van der Waals surface area contributed by atoms with E-state index in [0.29, 0.717) is 6.54 Å². The first-order valence-electron chi connectivity index (χ1n) is 5.55. The molecule has 0 aromatic heterocycles. The second kappa shape index (κ2) is 5.06. The molecule has 2 rings (SSSR count). The highest BCUT2D eigenvalue weighted by atomic mass is 19.4. The minimum atomic E-state index is -4.31. The Morgan fingerprint density at radius 2 is 2.06 bits per heavy atom. The van der Waals surface area contributed by atoms with Crippen LogP contribution in [0, 0.1) is 0 Å². The number of hydrogen-bond acceptors (Lipinski definition) is 2. The molecule has 0 bridgehead atoms. The molecule has 1 unspecified atom stereocenters. The summed E-state index contributed by atoms with van der Waals surface area (Å²) < 4.78 is 43.5. The predicted octanol–water partition coefficient (Wildman–Crippen LogP) is 2.58. The number of rotatable bonds is 3. The van der Waals surface area contributed by atoms with Gasteiger partial charge in [0, 0.05) is 6.54 Å². The van der Waals surface area contributed by atoms with Gasteiger partial charge in [-0.2, -0.15) is 13.2 Å². The monoisotopic (exact) mass is 245 g/mol. The van der Waals surface area contributed by atoms with Crippen molar-refractivity contribution in [1.29, 1.82) is 0 Å². The maximum Gasteiger partial charge on any atom is 0.416 e. The first-order chi connectivity index (χ1) is 8.07. The summed E-state index contributed by atoms with van der Waals surface area (Å²) in [6.07, 6.45) is -3.43. The number of nitrogens with one attached hydrogen (secondary N) is 1. The minimum absolute atomic E-state index is 0.0159. The summed E-state index contributed by atoms with van der Waals surface area (Å²) in [5.74, 6) is 0. The van der Waals surface area contributed by atoms with Crippen LogP contribution in [0.15, 0.2) is 24.3 Å². The molecule has 0 aliphatic carbocycles. The number of alkyl halides is 3. The fourth-order valence-electron chi connectivity index (χ4n) is 1.90. The molecule has 5 heteroatoms. The van der Waals surface area contributed by atoms with E-state index in [0.717, 1.165) is 19.0 Å². The molecule has 0 amide bonds. The van der Waals surface area contributed by atoms with Gasteiger partial charge in [0.05, 0.1) is 18.3 Å². The third-order valence-electron chi connectivity index (χ3n) is 2.81. The molecule has 2 nitrogen and oxygen atoms in total. The van der Waals surface area contributed by atoms with Crippen molar-refractivity contribution in [3.8, 4) is 0 Å². The standard InChI is InChI=1S/C12H14F3NO/c13-12(14,15)11-4-2-1-3-9(11)8-17-10-5-6-16-7-10/h1-4,10,16H,5-8H2. The first-order valence-corrected chi connectivity index (χ1v) is 5.55. The van der Waals surface area contributed by atoms with E-state index in [1.807, 2.05) is 0 Å². The van der Waals surface area contributed by atoms with Crippen LogP contribution in [0.2, 0.25) is 0 Å². The van der Waals surface area contributed by atoms with Crippen LogP contribution in [-0.2, 0) is 17.5 Å². The van der Waals surface area contributed by atoms with E-state index in [9.17, 15) is 13.2 Å². The van der Waals surface area contributed by atoms with Gasteiger partial charge in [0.25, 0.3) is 0 Å². The summed E-state index contributed by atoms with van der Waals surface area (Å²) in [6, 6.07) is 5.54. The molecule has 1 fully saturated rings. The first kappa shape index (κ1) is 12.4. The van der Waals surface area contributed by atoms with Crippen LogP contribution in [0.1, 0.15) is 17.5 Å². The van der Waals surface area contributed by atoms with Gasteiger partial charge in [-0.05, 0) is 24.6 Å². The van der Waals surface area contributed by atoms with E-state index in [-0.39, 0.29) is 18.3 Å². The van der Waals surface area contributed by atoms with Crippen LogP contribution in [0.3, 0.4) is 0 Å². The second-order valence-corrected chi connectivity index (χ2v) is 4.08. The molecule has 1 saturated heterocycles. The van der Waals surface area contributed by atoms with Crippen molar-refractivity contribution >= 4 is 0 Å². The maximum atomic E-state index is 12.7. The summed E-state index contributed by atoms with van der Waals surface area (Å²) in [5, 5.41) is 3.11. The topological polar surface area (TPSA) is 21.3 Å². The Morgan fingerprint density at radius 3 is 2.71 bits per heavy atom. The van der Waals surface area contributed by atoms with Crippen LogP contribution in [0.4, 0.5) is 13.2 Å². The molecule has 1 atom stereocenters. The van der Waals surface area contributed by atoms with Crippen molar-refractivity contribution in [2.24, 2.45) is 0 Å². The Morgan fingerprint density at radius 1 is 1.29 bits per heavy atom. The lowest BCUT2D eigenvalue weighted by molar-refractivity contribution is -0.139. The van der Waals surface area contributed by atoms with E-state index in [2.05, 4.69) is 5.32 Å². The van der Waals surface area contributed by atoms with E-state index >= 15 is 0 Å². The van der Waals surface area contributed by atoms with Crippen molar-refractivity contribution in [3.63, 3.8) is 0 Å². The molecular formula is C12H14F3NO. The molecule has 94 valence electrons. The number of hydrogen-bond donors (Lipinski definition) is 1. The van der Waals surface area contributed by atoms with Gasteiger partial charge in [-0.1, -0.05) is 18.2 Å². The predicted molar refractivity (Wildman–Crippen MR) is 57.5 cm³/mol. The molecule has 1 aromatic rings. The Hall–Kier alpha value is -1.07. The molecule has 0 saturated carbocycles. The van der Waals surface area contributed by atoms with Gasteiger partial charge in [0.15, 0.2) is 0 Å². The number of halogens is 3. The largest absolute Gasteiger partial charge is 0.416 e. The zero-order valence-corrected chi connectivity index (χ0v) is 9.26. The SMILES string of the molecule is FC(F)(F)c1ccccc1COC1CCNC1. The van der Waals surface area contributed by atoms with E-state index in [1.165, 1.54) is 12.1 Å². The summed E-state index contributed by atoms with van der Waals surface area (Å²) in [4.78, 5) is 0. The zero-order valence-electron chi connectivity index (χ0n) is 9.26. The third-order valence-corrected chi connectivity index (χ3v) is 2.81. The molecule has 1 N–H and O–H groups in total. The zero-order chi connectivity index (χ0) is 12.3. The molecule has 0 spiro atoms. The highest BCUT2D eigenvalue weighted by molar-refractivity contribution is 5.29. The van der Waals surface area contributed by atoms with Crippen molar-refractivity contribution in [2.75, 3.05) is 13.1 Å². The fourth-order valence-corrected chi connectivity index (χ4v) is 1.90. The average molecular weight is 245 g/mol. The van der Waals surface area contributed by atoms with Crippen LogP contribution in [0.25, 0.3) is 0 Å². The molecule has 1 aliphatic heterocycles. The van der Waals surface area contributed by atoms with Gasteiger partial charge >= 0.3 is 6.18 Å². The van der Waals surface area contributed by atoms with Crippen molar-refractivity contribution in [2.45, 2.75) is 25.3 Å². The average Bonchev–Trinajstić information content (AvgIpc) is 2.78. The summed E-state index contributed by atoms with van der Waals surface area (Å²) in [7, 11) is 0. The Bertz CT molecular complexity index is 372. The smallest absolute Gasteiger partial charge is 0.372 e. The Kier molecular flexibility index (Phi) is 3.69. The van der Waals surface area contributed by atoms with Gasteiger partial charge < -0.3 is 10.1 Å². The van der Waals surface area contributed by atoms with Crippen molar-refractivity contribution in [3.05, 3.63) is 35.4 Å². The van der Waals surface area contributed by atoms with Gasteiger partial charge in [-0.25, -0.2) is 0 Å². The van der Waals surface area contributed by atoms with E-state index < -0.39 is 11.7 Å². The molecule has 1 aliphatic rings. The van der Waals surface area contributed by atoms with Gasteiger partial charge in [0.2, 0.25) is 0 Å². The Balaban J connectivity index is 2.04. The molecule has 17 heavy (non-hydrogen) atoms. The van der Waals surface area contributed by atoms with Crippen LogP contribution < -0.4 is 5.32 Å². The maximum absolute atomic E-state index is 12.7. The van der Waals surface area contributed by atoms with Gasteiger partial charge in [-0.15, -0.1) is 0 Å². The second-order valence-electron chi connectivity index (χ2n) is 4.08. The lowest BCUT2D eigenvalue weighted by Gasteiger charge is -2.15. The minimum Gasteiger partial charge on any atom is -0.372 e. The molecule has 1 heterocycles. The number of benzene rings is 1. The molecule has 0 radical (unpaired) electrons. The Labute approximate surface area is 97.8 Å². The van der Waals surface area contributed by atoms with Crippen LogP contribution >= 0.6 is 0 Å². The highest BCUT2D eigenvalue weighted by Gasteiger charge is 2.33. The van der Waals surface area contributed by atoms with Crippen molar-refractivity contribution in [1.82, 2.24) is 5.32 Å². The lowest BCUT2D eigenvalue weighted by Crippen LogP contribution is -2.18. The fraction of sp³-hybridized carbons (Fsp3) is 0.500. The third kappa shape index (κ3) is 3.20. The summed E-state index contributed by atoms with van der Waals surface area (Å²) >= 11 is 0. The highest BCUT2D eigenvalue weighted by Crippen LogP contribution is 2.32. The summed E-state index contributed by atoms with van der Waals surface area (Å²) in [5.41, 5.74) is -0.405. The molecular weight excluding hydrogens is 231 g/mol. The number of ether oxygens (including phenoxy) is 1. The lowest BCUT2D eigenvalue weighted by atomic mass is 10.1. The quantitative estimate of drug-likeness (QED) is 0.883. The van der Waals surface area contributed by atoms with Crippen molar-refractivity contribution < 1.29 is 17.9 Å². The van der Waals surface area contributed by atoms with E-state index in [1.54, 1.807) is 6.07 Å². The summed E-state index contributed by atoms with van der Waals surface area (Å²) in [6.45, 7) is 1.60. The van der Waals surface area contributed by atoms with Crippen LogP contribution in [0.5, 0.6) is 0 Å².